The van der Waals surface area contributed by atoms with E-state index in [1.807, 2.05) is 75.8 Å². The maximum absolute atomic E-state index is 14.2. The molecule has 0 amide bonds. The molecule has 0 aliphatic rings. The zero-order valence-corrected chi connectivity index (χ0v) is 29.9. The van der Waals surface area contributed by atoms with Crippen molar-refractivity contribution in [3.63, 3.8) is 0 Å². The molecule has 0 fully saturated rings. The summed E-state index contributed by atoms with van der Waals surface area (Å²) in [6.45, 7) is 1.18. The van der Waals surface area contributed by atoms with Gasteiger partial charge in [-0.05, 0) is 91.5 Å². The van der Waals surface area contributed by atoms with Crippen molar-refractivity contribution in [3.8, 4) is 22.5 Å². The lowest BCUT2D eigenvalue weighted by molar-refractivity contribution is -0.904. The molecule has 254 valence electrons. The van der Waals surface area contributed by atoms with Gasteiger partial charge in [-0.2, -0.15) is 0 Å². The fraction of sp³-hybridized carbons (Fsp3) is 0.0526. The average molecular weight is 812 g/mol. The fourth-order valence-corrected chi connectivity index (χ4v) is 6.23. The van der Waals surface area contributed by atoms with Gasteiger partial charge in [-0.1, -0.05) is 24.3 Å². The molecule has 0 atom stereocenters. The number of hydrogen-bond acceptors (Lipinski definition) is 6. The minimum absolute atomic E-state index is 0.290. The zero-order valence-electron chi connectivity index (χ0n) is 26.8. The van der Waals surface area contributed by atoms with Gasteiger partial charge < -0.3 is 10.6 Å². The Balaban J connectivity index is 0.000000159. The van der Waals surface area contributed by atoms with E-state index in [9.17, 15) is 14.0 Å². The summed E-state index contributed by atoms with van der Waals surface area (Å²) in [6.07, 6.45) is 10.5. The van der Waals surface area contributed by atoms with Crippen LogP contribution in [0, 0.1) is 11.6 Å². The van der Waals surface area contributed by atoms with Crippen LogP contribution < -0.4 is 15.4 Å². The molecule has 0 bridgehead atoms. The molecule has 8 aromatic rings. The summed E-state index contributed by atoms with van der Waals surface area (Å²) in [5.41, 5.74) is 5.61. The standard InChI is InChI=1S/C19H15BrFN4O.C19H14BrFN4/c20-15-7-10-25-18(22-12-13-5-8-24(26)9-6-13)11-17(23-19(15)25)14-3-1-2-4-16(14)21;20-15-7-10-25-18(23-12-13-5-8-22-9-6-13)11-17(24-19(15)25)14-3-1-2-4-16(14)21/h1-11,22,26H,12H2;1-11,23H,12H2/q+1;. The van der Waals surface area contributed by atoms with Crippen molar-refractivity contribution in [3.05, 3.63) is 166 Å². The molecule has 0 saturated carbocycles. The molecule has 0 spiro atoms. The minimum atomic E-state index is -0.312. The molecule has 13 heteroatoms. The number of pyridine rings is 2. The number of fused-ring (bicyclic) bond motifs is 2. The van der Waals surface area contributed by atoms with Gasteiger partial charge in [0, 0.05) is 78.0 Å². The SMILES string of the molecule is Fc1ccccc1-c1cc(NCc2ccncc2)n2ccc(Br)c2n1.O[n+]1ccc(CNc2cc(-c3ccccc3F)nc3c(Br)ccn23)cc1. The lowest BCUT2D eigenvalue weighted by Gasteiger charge is -2.12. The Bertz CT molecular complexity index is 2450. The van der Waals surface area contributed by atoms with Crippen LogP contribution in [-0.4, -0.2) is 29.0 Å². The number of nitrogens with one attached hydrogen (secondary N) is 2. The highest BCUT2D eigenvalue weighted by molar-refractivity contribution is 9.11. The van der Waals surface area contributed by atoms with E-state index in [1.165, 1.54) is 12.1 Å². The molecule has 51 heavy (non-hydrogen) atoms. The molecule has 9 nitrogen and oxygen atoms in total. The van der Waals surface area contributed by atoms with Gasteiger partial charge in [0.05, 0.1) is 20.3 Å². The van der Waals surface area contributed by atoms with Gasteiger partial charge in [0.2, 0.25) is 12.4 Å². The summed E-state index contributed by atoms with van der Waals surface area (Å²) in [5, 5.41) is 16.1. The largest absolute Gasteiger partial charge is 0.367 e. The van der Waals surface area contributed by atoms with Crippen molar-refractivity contribution in [2.75, 3.05) is 10.6 Å². The molecule has 0 saturated heterocycles. The Morgan fingerprint density at radius 3 is 1.55 bits per heavy atom. The van der Waals surface area contributed by atoms with E-state index in [0.717, 1.165) is 42.1 Å². The molecule has 3 N–H and O–H groups in total. The molecule has 2 aromatic carbocycles. The third-order valence-corrected chi connectivity index (χ3v) is 9.26. The van der Waals surface area contributed by atoms with Crippen LogP contribution in [0.4, 0.5) is 20.4 Å². The molecule has 0 radical (unpaired) electrons. The fourth-order valence-electron chi connectivity index (χ4n) is 5.43. The van der Waals surface area contributed by atoms with E-state index in [-0.39, 0.29) is 11.6 Å². The zero-order chi connectivity index (χ0) is 35.3. The van der Waals surface area contributed by atoms with Crippen molar-refractivity contribution < 1.29 is 18.7 Å². The monoisotopic (exact) mass is 809 g/mol. The molecule has 8 rings (SSSR count). The van der Waals surface area contributed by atoms with Gasteiger partial charge in [0.1, 0.15) is 23.3 Å². The molecule has 6 aromatic heterocycles. The number of benzene rings is 2. The van der Waals surface area contributed by atoms with E-state index >= 15 is 0 Å². The Kier molecular flexibility index (Phi) is 9.99. The van der Waals surface area contributed by atoms with Crippen molar-refractivity contribution in [2.24, 2.45) is 0 Å². The number of hydrogen-bond donors (Lipinski definition) is 3. The number of rotatable bonds is 8. The topological polar surface area (TPSA) is 95.7 Å². The Labute approximate surface area is 308 Å². The summed E-state index contributed by atoms with van der Waals surface area (Å²) >= 11 is 7.00. The van der Waals surface area contributed by atoms with Crippen LogP contribution in [0.1, 0.15) is 11.1 Å². The van der Waals surface area contributed by atoms with E-state index in [2.05, 4.69) is 57.4 Å². The first kappa shape index (κ1) is 33.8. The smallest absolute Gasteiger partial charge is 0.222 e. The van der Waals surface area contributed by atoms with Crippen molar-refractivity contribution >= 4 is 54.8 Å². The van der Waals surface area contributed by atoms with Gasteiger partial charge in [0.25, 0.3) is 0 Å². The first-order valence-corrected chi connectivity index (χ1v) is 17.3. The predicted octanol–water partition coefficient (Wildman–Crippen LogP) is 8.95. The van der Waals surface area contributed by atoms with E-state index < -0.39 is 0 Å². The molecule has 0 unspecified atom stereocenters. The number of aromatic nitrogens is 6. The minimum Gasteiger partial charge on any atom is -0.367 e. The van der Waals surface area contributed by atoms with E-state index in [1.54, 1.807) is 55.1 Å². The number of anilines is 2. The molecular formula is C38H29Br2F2N8O+. The Hall–Kier alpha value is -5.66. The van der Waals surface area contributed by atoms with Crippen molar-refractivity contribution in [2.45, 2.75) is 13.1 Å². The third kappa shape index (κ3) is 7.59. The maximum Gasteiger partial charge on any atom is 0.222 e. The molecular weight excluding hydrogens is 782 g/mol. The summed E-state index contributed by atoms with van der Waals surface area (Å²) in [4.78, 5) is 13.2. The first-order chi connectivity index (χ1) is 24.8. The molecule has 6 heterocycles. The van der Waals surface area contributed by atoms with E-state index in [4.69, 9.17) is 0 Å². The molecule has 0 aliphatic carbocycles. The summed E-state index contributed by atoms with van der Waals surface area (Å²) in [5.74, 6) is 1.03. The van der Waals surface area contributed by atoms with Crippen LogP contribution in [0.2, 0.25) is 0 Å². The second-order valence-electron chi connectivity index (χ2n) is 11.4. The molecule has 0 aliphatic heterocycles. The maximum atomic E-state index is 14.2. The van der Waals surface area contributed by atoms with Crippen molar-refractivity contribution in [1.82, 2.24) is 23.8 Å². The third-order valence-electron chi connectivity index (χ3n) is 8.02. The summed E-state index contributed by atoms with van der Waals surface area (Å²) < 4.78 is 34.9. The number of nitrogens with zero attached hydrogens (tertiary/aromatic N) is 6. The van der Waals surface area contributed by atoms with Gasteiger partial charge in [-0.25, -0.2) is 18.7 Å². The second-order valence-corrected chi connectivity index (χ2v) is 13.1. The summed E-state index contributed by atoms with van der Waals surface area (Å²) in [6, 6.07) is 28.3. The van der Waals surface area contributed by atoms with Crippen LogP contribution >= 0.6 is 31.9 Å². The lowest BCUT2D eigenvalue weighted by Crippen LogP contribution is -2.28. The van der Waals surface area contributed by atoms with Crippen LogP contribution in [-0.2, 0) is 13.1 Å². The highest BCUT2D eigenvalue weighted by Crippen LogP contribution is 2.30. The van der Waals surface area contributed by atoms with Crippen LogP contribution in [0.25, 0.3) is 33.8 Å². The van der Waals surface area contributed by atoms with Crippen LogP contribution in [0.15, 0.2) is 143 Å². The average Bonchev–Trinajstić information content (AvgIpc) is 3.73. The Morgan fingerprint density at radius 2 is 1.08 bits per heavy atom. The van der Waals surface area contributed by atoms with Gasteiger partial charge >= 0.3 is 0 Å². The van der Waals surface area contributed by atoms with Gasteiger partial charge in [0.15, 0.2) is 11.3 Å². The van der Waals surface area contributed by atoms with Gasteiger partial charge in [-0.3, -0.25) is 19.0 Å². The van der Waals surface area contributed by atoms with E-state index in [0.29, 0.717) is 41.3 Å². The van der Waals surface area contributed by atoms with Crippen LogP contribution in [0.5, 0.6) is 0 Å². The van der Waals surface area contributed by atoms with Gasteiger partial charge in [-0.15, -0.1) is 0 Å². The number of halogens is 4. The highest BCUT2D eigenvalue weighted by Gasteiger charge is 2.14. The first-order valence-electron chi connectivity index (χ1n) is 15.7. The van der Waals surface area contributed by atoms with Crippen LogP contribution in [0.3, 0.4) is 0 Å². The summed E-state index contributed by atoms with van der Waals surface area (Å²) in [7, 11) is 0. The van der Waals surface area contributed by atoms with Crippen molar-refractivity contribution in [1.29, 1.82) is 0 Å². The quantitative estimate of drug-likeness (QED) is 0.105. The second kappa shape index (κ2) is 15.1. The highest BCUT2D eigenvalue weighted by atomic mass is 79.9. The lowest BCUT2D eigenvalue weighted by atomic mass is 10.1. The Morgan fingerprint density at radius 1 is 0.627 bits per heavy atom. The predicted molar refractivity (Wildman–Crippen MR) is 199 cm³/mol. The normalized spacial score (nSPS) is 11.0.